The smallest absolute Gasteiger partial charge is 0.185 e. The molecule has 2 aliphatic heterocycles. The lowest BCUT2D eigenvalue weighted by Gasteiger charge is -2.37. The van der Waals surface area contributed by atoms with Gasteiger partial charge in [-0.15, -0.1) is 0 Å². The third-order valence-electron chi connectivity index (χ3n) is 8.14. The van der Waals surface area contributed by atoms with Crippen molar-refractivity contribution >= 4 is 45.0 Å². The van der Waals surface area contributed by atoms with Crippen LogP contribution in [0.3, 0.4) is 0 Å². The van der Waals surface area contributed by atoms with E-state index in [1.165, 1.54) is 0 Å². The zero-order valence-corrected chi connectivity index (χ0v) is 21.7. The van der Waals surface area contributed by atoms with Crippen molar-refractivity contribution in [2.45, 2.75) is 18.0 Å². The number of carbonyl (C=O) groups excluding carboxylic acids is 3. The molecule has 1 spiro atoms. The molecule has 38 heavy (non-hydrogen) atoms. The molecule has 0 bridgehead atoms. The van der Waals surface area contributed by atoms with E-state index in [0.29, 0.717) is 22.3 Å². The second-order valence-corrected chi connectivity index (χ2v) is 10.8. The van der Waals surface area contributed by atoms with Crippen LogP contribution in [0.2, 0.25) is 0 Å². The lowest BCUT2D eigenvalue weighted by atomic mass is 9.64. The molecule has 3 heterocycles. The first-order valence-corrected chi connectivity index (χ1v) is 13.3. The number of rotatable bonds is 3. The van der Waals surface area contributed by atoms with E-state index in [2.05, 4.69) is 20.9 Å². The zero-order valence-electron chi connectivity index (χ0n) is 20.1. The second-order valence-electron chi connectivity index (χ2n) is 9.93. The van der Waals surface area contributed by atoms with Gasteiger partial charge < -0.3 is 4.90 Å². The summed E-state index contributed by atoms with van der Waals surface area (Å²) in [6.45, 7) is 0. The van der Waals surface area contributed by atoms with Crippen LogP contribution in [-0.4, -0.2) is 34.4 Å². The second kappa shape index (κ2) is 8.43. The van der Waals surface area contributed by atoms with Gasteiger partial charge in [-0.3, -0.25) is 19.4 Å². The largest absolute Gasteiger partial charge is 0.352 e. The number of aromatic nitrogens is 1. The quantitative estimate of drug-likeness (QED) is 0.222. The Morgan fingerprint density at radius 1 is 0.868 bits per heavy atom. The first-order valence-electron chi connectivity index (χ1n) is 12.5. The summed E-state index contributed by atoms with van der Waals surface area (Å²) in [4.78, 5) is 49.9. The average molecular weight is 561 g/mol. The number of nitrogens with zero attached hydrogens (tertiary/aromatic N) is 2. The number of ketones is 3. The van der Waals surface area contributed by atoms with Gasteiger partial charge in [-0.1, -0.05) is 88.7 Å². The third-order valence-corrected chi connectivity index (χ3v) is 8.63. The van der Waals surface area contributed by atoms with Crippen LogP contribution in [-0.2, 0) is 0 Å². The maximum absolute atomic E-state index is 14.5. The topological polar surface area (TPSA) is 67.3 Å². The van der Waals surface area contributed by atoms with Gasteiger partial charge in [0, 0.05) is 45.2 Å². The molecule has 4 aromatic rings. The van der Waals surface area contributed by atoms with Crippen molar-refractivity contribution < 1.29 is 14.4 Å². The minimum Gasteiger partial charge on any atom is -0.352 e. The number of fused-ring (bicyclic) bond motifs is 5. The van der Waals surface area contributed by atoms with Crippen molar-refractivity contribution in [2.75, 3.05) is 4.90 Å². The van der Waals surface area contributed by atoms with Crippen LogP contribution < -0.4 is 4.90 Å². The fraction of sp³-hybridized carbons (Fsp3) is 0.125. The number of hydrogen-bond donors (Lipinski definition) is 0. The maximum Gasteiger partial charge on any atom is 0.185 e. The van der Waals surface area contributed by atoms with Crippen LogP contribution >= 0.6 is 15.9 Å². The van der Waals surface area contributed by atoms with Crippen molar-refractivity contribution in [1.82, 2.24) is 4.98 Å². The van der Waals surface area contributed by atoms with Crippen LogP contribution in [0.4, 0.5) is 5.69 Å². The van der Waals surface area contributed by atoms with Gasteiger partial charge in [-0.25, -0.2) is 0 Å². The molecule has 184 valence electrons. The van der Waals surface area contributed by atoms with Crippen molar-refractivity contribution in [1.29, 1.82) is 0 Å². The Morgan fingerprint density at radius 2 is 1.58 bits per heavy atom. The van der Waals surface area contributed by atoms with Crippen molar-refractivity contribution in [3.05, 3.63) is 136 Å². The van der Waals surface area contributed by atoms with Gasteiger partial charge >= 0.3 is 0 Å². The molecule has 0 saturated carbocycles. The number of hydrogen-bond acceptors (Lipinski definition) is 5. The van der Waals surface area contributed by atoms with E-state index in [-0.39, 0.29) is 17.3 Å². The van der Waals surface area contributed by atoms with Gasteiger partial charge in [0.2, 0.25) is 0 Å². The van der Waals surface area contributed by atoms with E-state index in [4.69, 9.17) is 0 Å². The molecule has 1 fully saturated rings. The summed E-state index contributed by atoms with van der Waals surface area (Å²) in [5.74, 6) is -1.37. The van der Waals surface area contributed by atoms with E-state index < -0.39 is 23.4 Å². The van der Waals surface area contributed by atoms with Gasteiger partial charge in [0.25, 0.3) is 0 Å². The Morgan fingerprint density at radius 3 is 2.26 bits per heavy atom. The number of pyridine rings is 1. The van der Waals surface area contributed by atoms with E-state index in [1.807, 2.05) is 59.5 Å². The Balaban J connectivity index is 1.55. The van der Waals surface area contributed by atoms with E-state index >= 15 is 0 Å². The van der Waals surface area contributed by atoms with Crippen LogP contribution in [0.5, 0.6) is 0 Å². The van der Waals surface area contributed by atoms with Crippen molar-refractivity contribution in [2.24, 2.45) is 5.41 Å². The van der Waals surface area contributed by atoms with Crippen LogP contribution in [0, 0.1) is 5.41 Å². The molecule has 5 nitrogen and oxygen atoms in total. The van der Waals surface area contributed by atoms with Crippen molar-refractivity contribution in [3.63, 3.8) is 0 Å². The molecule has 3 aliphatic rings. The Kier molecular flexibility index (Phi) is 5.10. The molecule has 3 atom stereocenters. The number of Topliss-reactive ketones (excluding diaryl/α,β-unsaturated/α-hetero) is 3. The summed E-state index contributed by atoms with van der Waals surface area (Å²) in [6.07, 6.45) is 7.23. The maximum atomic E-state index is 14.5. The van der Waals surface area contributed by atoms with Gasteiger partial charge in [-0.2, -0.15) is 0 Å². The third kappa shape index (κ3) is 2.98. The summed E-state index contributed by atoms with van der Waals surface area (Å²) in [5.41, 5.74) is 2.27. The normalized spacial score (nSPS) is 22.3. The molecule has 3 aromatic carbocycles. The zero-order chi connectivity index (χ0) is 26.0. The first-order chi connectivity index (χ1) is 18.5. The van der Waals surface area contributed by atoms with Gasteiger partial charge in [0.05, 0.1) is 6.04 Å². The summed E-state index contributed by atoms with van der Waals surface area (Å²) < 4.78 is 0.906. The number of halogens is 1. The van der Waals surface area contributed by atoms with Gasteiger partial charge in [-0.05, 0) is 35.4 Å². The summed E-state index contributed by atoms with van der Waals surface area (Å²) >= 11 is 3.55. The van der Waals surface area contributed by atoms with Crippen LogP contribution in [0.15, 0.2) is 108 Å². The van der Waals surface area contributed by atoms with E-state index in [0.717, 1.165) is 15.7 Å². The molecule has 1 aliphatic carbocycles. The number of carbonyl (C=O) groups is 3. The fourth-order valence-corrected chi connectivity index (χ4v) is 7.03. The van der Waals surface area contributed by atoms with E-state index in [1.54, 1.807) is 54.9 Å². The SMILES string of the molecule is O=C(c1ccccc1)[C@H]1[C@H](c2cccnc2)C2(C(=O)c3ccccc3C2=O)[C@H]2C=Cc3cc(Br)ccc3N12. The first kappa shape index (κ1) is 23.0. The number of anilines is 1. The highest BCUT2D eigenvalue weighted by atomic mass is 79.9. The predicted octanol–water partition coefficient (Wildman–Crippen LogP) is 6.16. The summed E-state index contributed by atoms with van der Waals surface area (Å²) in [7, 11) is 0. The Labute approximate surface area is 228 Å². The molecule has 1 saturated heterocycles. The molecule has 1 aromatic heterocycles. The lowest BCUT2D eigenvalue weighted by molar-refractivity contribution is 0.0666. The molecular formula is C32H21BrN2O3. The fourth-order valence-electron chi connectivity index (χ4n) is 6.65. The van der Waals surface area contributed by atoms with Crippen molar-refractivity contribution in [3.8, 4) is 0 Å². The molecule has 0 N–H and O–H groups in total. The highest BCUT2D eigenvalue weighted by Gasteiger charge is 2.71. The summed E-state index contributed by atoms with van der Waals surface area (Å²) in [6, 6.07) is 24.2. The predicted molar refractivity (Wildman–Crippen MR) is 149 cm³/mol. The standard InChI is InChI=1S/C32H21BrN2O3/c33-22-13-14-25-20(17-22)12-15-26-32(30(37)23-10-4-5-11-24(23)31(32)38)27(21-9-6-16-34-18-21)28(35(25)26)29(36)19-7-2-1-3-8-19/h1-18,26-28H/t26-,27+,28-/m1/s1. The monoisotopic (exact) mass is 560 g/mol. The average Bonchev–Trinajstić information content (AvgIpc) is 3.39. The van der Waals surface area contributed by atoms with Crippen LogP contribution in [0.25, 0.3) is 6.08 Å². The van der Waals surface area contributed by atoms with E-state index in [9.17, 15) is 14.4 Å². The summed E-state index contributed by atoms with van der Waals surface area (Å²) in [5, 5.41) is 0. The van der Waals surface area contributed by atoms with Gasteiger partial charge in [0.15, 0.2) is 17.3 Å². The van der Waals surface area contributed by atoms with Gasteiger partial charge in [0.1, 0.15) is 11.5 Å². The molecular weight excluding hydrogens is 540 g/mol. The molecule has 7 rings (SSSR count). The minimum atomic E-state index is -1.51. The Hall–Kier alpha value is -4.16. The molecule has 6 heteroatoms. The Bertz CT molecular complexity index is 1630. The molecule has 0 unspecified atom stereocenters. The highest BCUT2D eigenvalue weighted by molar-refractivity contribution is 9.10. The minimum absolute atomic E-state index is 0.137. The van der Waals surface area contributed by atoms with Crippen LogP contribution in [0.1, 0.15) is 48.1 Å². The molecule has 0 radical (unpaired) electrons. The molecule has 0 amide bonds. The highest BCUT2D eigenvalue weighted by Crippen LogP contribution is 2.60. The number of benzene rings is 3. The lowest BCUT2D eigenvalue weighted by Crippen LogP contribution is -2.48.